The van der Waals surface area contributed by atoms with Crippen molar-refractivity contribution in [1.82, 2.24) is 9.97 Å². The van der Waals surface area contributed by atoms with E-state index in [2.05, 4.69) is 16.9 Å². The molecule has 188 valence electrons. The Balaban J connectivity index is 1.33. The van der Waals surface area contributed by atoms with Crippen molar-refractivity contribution in [3.05, 3.63) is 77.6 Å². The van der Waals surface area contributed by atoms with Crippen molar-refractivity contribution >= 4 is 0 Å². The fourth-order valence-corrected chi connectivity index (χ4v) is 4.22. The summed E-state index contributed by atoms with van der Waals surface area (Å²) in [4.78, 5) is 8.95. The molecule has 3 aromatic rings. The van der Waals surface area contributed by atoms with Crippen LogP contribution in [0, 0.1) is 6.92 Å². The fraction of sp³-hybridized carbons (Fsp3) is 0.484. The number of aromatic nitrogens is 2. The first kappa shape index (κ1) is 26.9. The molecule has 0 radical (unpaired) electrons. The molecule has 1 unspecified atom stereocenters. The van der Waals surface area contributed by atoms with Crippen LogP contribution in [0.2, 0.25) is 0 Å². The molecule has 0 spiro atoms. The Kier molecular flexibility index (Phi) is 11.8. The Morgan fingerprint density at radius 1 is 0.714 bits per heavy atom. The predicted octanol–water partition coefficient (Wildman–Crippen LogP) is 8.03. The lowest BCUT2D eigenvalue weighted by molar-refractivity contribution is 0.178. The van der Waals surface area contributed by atoms with Gasteiger partial charge in [-0.05, 0) is 54.3 Å². The van der Waals surface area contributed by atoms with Crippen molar-refractivity contribution in [2.45, 2.75) is 90.6 Å². The van der Waals surface area contributed by atoms with Gasteiger partial charge in [0.1, 0.15) is 5.75 Å². The zero-order valence-corrected chi connectivity index (χ0v) is 21.6. The molecule has 0 amide bonds. The molecule has 0 saturated carbocycles. The molecule has 0 aliphatic rings. The van der Waals surface area contributed by atoms with Crippen molar-refractivity contribution < 1.29 is 9.84 Å². The van der Waals surface area contributed by atoms with Gasteiger partial charge in [0.05, 0.1) is 24.1 Å². The van der Waals surface area contributed by atoms with E-state index in [0.29, 0.717) is 6.42 Å². The highest BCUT2D eigenvalue weighted by atomic mass is 16.5. The number of benzene rings is 1. The summed E-state index contributed by atoms with van der Waals surface area (Å²) in [6.07, 6.45) is 16.9. The summed E-state index contributed by atoms with van der Waals surface area (Å²) in [7, 11) is 0. The van der Waals surface area contributed by atoms with Crippen LogP contribution in [0.1, 0.15) is 93.9 Å². The molecule has 1 aromatic carbocycles. The van der Waals surface area contributed by atoms with Gasteiger partial charge in [0.25, 0.3) is 0 Å². The zero-order valence-electron chi connectivity index (χ0n) is 21.6. The first-order valence-electron chi connectivity index (χ1n) is 13.4. The average Bonchev–Trinajstić information content (AvgIpc) is 2.88. The van der Waals surface area contributed by atoms with Gasteiger partial charge in [0.15, 0.2) is 0 Å². The summed E-state index contributed by atoms with van der Waals surface area (Å²) < 4.78 is 5.90. The van der Waals surface area contributed by atoms with Crippen molar-refractivity contribution in [1.29, 1.82) is 0 Å². The van der Waals surface area contributed by atoms with E-state index in [0.717, 1.165) is 46.9 Å². The third-order valence-electron chi connectivity index (χ3n) is 6.46. The molecule has 2 heterocycles. The van der Waals surface area contributed by atoms with Crippen LogP contribution in [-0.4, -0.2) is 21.7 Å². The van der Waals surface area contributed by atoms with Gasteiger partial charge in [-0.3, -0.25) is 9.97 Å². The molecular weight excluding hydrogens is 432 g/mol. The Morgan fingerprint density at radius 2 is 1.31 bits per heavy atom. The van der Waals surface area contributed by atoms with Crippen LogP contribution >= 0.6 is 0 Å². The molecule has 0 bridgehead atoms. The van der Waals surface area contributed by atoms with Crippen LogP contribution in [-0.2, 0) is 6.42 Å². The highest BCUT2D eigenvalue weighted by Gasteiger charge is 2.10. The second-order valence-electron chi connectivity index (χ2n) is 9.59. The van der Waals surface area contributed by atoms with Gasteiger partial charge in [0, 0.05) is 18.8 Å². The van der Waals surface area contributed by atoms with Crippen LogP contribution in [0.3, 0.4) is 0 Å². The monoisotopic (exact) mass is 474 g/mol. The van der Waals surface area contributed by atoms with Gasteiger partial charge in [0.2, 0.25) is 0 Å². The number of rotatable bonds is 16. The molecule has 0 fully saturated rings. The molecule has 1 N–H and O–H groups in total. The molecule has 35 heavy (non-hydrogen) atoms. The molecule has 0 saturated heterocycles. The minimum absolute atomic E-state index is 0.521. The van der Waals surface area contributed by atoms with Crippen LogP contribution in [0.15, 0.2) is 60.9 Å². The van der Waals surface area contributed by atoms with Crippen molar-refractivity contribution in [3.63, 3.8) is 0 Å². The maximum absolute atomic E-state index is 10.7. The van der Waals surface area contributed by atoms with Crippen LogP contribution in [0.4, 0.5) is 0 Å². The number of ether oxygens (including phenoxy) is 1. The second kappa shape index (κ2) is 15.3. The van der Waals surface area contributed by atoms with Crippen molar-refractivity contribution in [3.8, 4) is 17.1 Å². The van der Waals surface area contributed by atoms with Crippen LogP contribution in [0.5, 0.6) is 5.75 Å². The second-order valence-corrected chi connectivity index (χ2v) is 9.59. The van der Waals surface area contributed by atoms with E-state index in [1.807, 2.05) is 67.8 Å². The molecule has 4 heteroatoms. The summed E-state index contributed by atoms with van der Waals surface area (Å²) in [6, 6.07) is 15.8. The quantitative estimate of drug-likeness (QED) is 0.213. The van der Waals surface area contributed by atoms with Crippen molar-refractivity contribution in [2.24, 2.45) is 0 Å². The van der Waals surface area contributed by atoms with Gasteiger partial charge in [-0.15, -0.1) is 0 Å². The standard InChI is InChI=1S/C31H42N2O2/c1-3-4-5-6-7-8-9-10-11-12-21-35-28-17-15-27(16-18-28)31(34)22-26-14-20-30(33-24-26)29-19-13-25(2)23-32-29/h13-20,23-24,31,34H,3-12,21-22H2,1-2H3. The first-order chi connectivity index (χ1) is 17.2. The largest absolute Gasteiger partial charge is 0.494 e. The van der Waals surface area contributed by atoms with Gasteiger partial charge in [-0.25, -0.2) is 0 Å². The van der Waals surface area contributed by atoms with Gasteiger partial charge in [-0.1, -0.05) is 89.0 Å². The Bertz CT molecular complexity index is 953. The Morgan fingerprint density at radius 3 is 1.89 bits per heavy atom. The smallest absolute Gasteiger partial charge is 0.119 e. The normalized spacial score (nSPS) is 12.0. The molecule has 0 aliphatic heterocycles. The van der Waals surface area contributed by atoms with E-state index in [1.54, 1.807) is 0 Å². The number of unbranched alkanes of at least 4 members (excludes halogenated alkanes) is 9. The fourth-order valence-electron chi connectivity index (χ4n) is 4.22. The highest BCUT2D eigenvalue weighted by Crippen LogP contribution is 2.23. The topological polar surface area (TPSA) is 55.2 Å². The molecule has 0 aliphatic carbocycles. The lowest BCUT2D eigenvalue weighted by atomic mass is 10.0. The van der Waals surface area contributed by atoms with E-state index < -0.39 is 6.10 Å². The summed E-state index contributed by atoms with van der Waals surface area (Å²) in [5, 5.41) is 10.7. The number of hydrogen-bond donors (Lipinski definition) is 1. The predicted molar refractivity (Wildman–Crippen MR) is 145 cm³/mol. The van der Waals surface area contributed by atoms with Gasteiger partial charge >= 0.3 is 0 Å². The van der Waals surface area contributed by atoms with E-state index in [-0.39, 0.29) is 0 Å². The van der Waals surface area contributed by atoms with Crippen LogP contribution in [0.25, 0.3) is 11.4 Å². The molecule has 4 nitrogen and oxygen atoms in total. The maximum Gasteiger partial charge on any atom is 0.119 e. The summed E-state index contributed by atoms with van der Waals surface area (Å²) >= 11 is 0. The number of aliphatic hydroxyl groups excluding tert-OH is 1. The first-order valence-corrected chi connectivity index (χ1v) is 13.4. The van der Waals surface area contributed by atoms with Gasteiger partial charge in [-0.2, -0.15) is 0 Å². The lowest BCUT2D eigenvalue weighted by Crippen LogP contribution is -2.03. The summed E-state index contributed by atoms with van der Waals surface area (Å²) in [5.41, 5.74) is 4.71. The molecular formula is C31H42N2O2. The Labute approximate surface area is 211 Å². The third-order valence-corrected chi connectivity index (χ3v) is 6.46. The Hall–Kier alpha value is -2.72. The molecule has 1 atom stereocenters. The highest BCUT2D eigenvalue weighted by molar-refractivity contribution is 5.54. The van der Waals surface area contributed by atoms with E-state index in [1.165, 1.54) is 57.8 Å². The molecule has 2 aromatic heterocycles. The van der Waals surface area contributed by atoms with Crippen LogP contribution < -0.4 is 4.74 Å². The number of aliphatic hydroxyl groups is 1. The summed E-state index contributed by atoms with van der Waals surface area (Å²) in [6.45, 7) is 5.04. The lowest BCUT2D eigenvalue weighted by Gasteiger charge is -2.13. The number of hydrogen-bond acceptors (Lipinski definition) is 4. The maximum atomic E-state index is 10.7. The average molecular weight is 475 g/mol. The van der Waals surface area contributed by atoms with E-state index >= 15 is 0 Å². The minimum atomic E-state index is -0.573. The number of nitrogens with zero attached hydrogens (tertiary/aromatic N) is 2. The number of aryl methyl sites for hydroxylation is 1. The zero-order chi connectivity index (χ0) is 24.7. The van der Waals surface area contributed by atoms with E-state index in [9.17, 15) is 5.11 Å². The SMILES string of the molecule is CCCCCCCCCCCCOc1ccc(C(O)Cc2ccc(-c3ccc(C)cn3)nc2)cc1. The van der Waals surface area contributed by atoms with Gasteiger partial charge < -0.3 is 9.84 Å². The van der Waals surface area contributed by atoms with E-state index in [4.69, 9.17) is 4.74 Å². The minimum Gasteiger partial charge on any atom is -0.494 e. The summed E-state index contributed by atoms with van der Waals surface area (Å²) in [5.74, 6) is 0.869. The third kappa shape index (κ3) is 9.81. The van der Waals surface area contributed by atoms with Crippen molar-refractivity contribution in [2.75, 3.05) is 6.61 Å². The molecule has 3 rings (SSSR count). The number of pyridine rings is 2.